The van der Waals surface area contributed by atoms with Crippen LogP contribution in [0.5, 0.6) is 5.75 Å². The molecular weight excluding hydrogens is 233 g/mol. The zero-order valence-corrected chi connectivity index (χ0v) is 10.8. The molecule has 0 saturated carbocycles. The van der Waals surface area contributed by atoms with Gasteiger partial charge in [0.25, 0.3) is 0 Å². The first-order valence-corrected chi connectivity index (χ1v) is 5.80. The lowest BCUT2D eigenvalue weighted by Crippen LogP contribution is -2.47. The summed E-state index contributed by atoms with van der Waals surface area (Å²) in [6, 6.07) is 4.93. The maximum absolute atomic E-state index is 10.6. The summed E-state index contributed by atoms with van der Waals surface area (Å²) in [5, 5.41) is 2.91. The summed E-state index contributed by atoms with van der Waals surface area (Å²) in [5.74, 6) is 0.632. The monoisotopic (exact) mass is 249 g/mol. The summed E-state index contributed by atoms with van der Waals surface area (Å²) in [6.07, 6.45) is 0. The molecule has 0 atom stereocenters. The molecule has 0 amide bonds. The molecule has 0 radical (unpaired) electrons. The van der Waals surface area contributed by atoms with Crippen LogP contribution in [0.15, 0.2) is 23.4 Å². The summed E-state index contributed by atoms with van der Waals surface area (Å²) >= 11 is 0. The van der Waals surface area contributed by atoms with E-state index in [1.54, 1.807) is 25.3 Å². The Morgan fingerprint density at radius 2 is 2.00 bits per heavy atom. The Balaban J connectivity index is 2.24. The van der Waals surface area contributed by atoms with Crippen molar-refractivity contribution in [1.29, 1.82) is 0 Å². The van der Waals surface area contributed by atoms with E-state index >= 15 is 0 Å². The number of rotatable bonds is 3. The zero-order chi connectivity index (χ0) is 13.2. The highest BCUT2D eigenvalue weighted by Gasteiger charge is 2.35. The van der Waals surface area contributed by atoms with Gasteiger partial charge < -0.3 is 14.0 Å². The van der Waals surface area contributed by atoms with Crippen LogP contribution in [0.4, 0.5) is 5.69 Å². The van der Waals surface area contributed by atoms with Gasteiger partial charge in [-0.05, 0) is 23.4 Å². The highest BCUT2D eigenvalue weighted by atomic mass is 16.6. The summed E-state index contributed by atoms with van der Waals surface area (Å²) in [5.41, 5.74) is 1.04. The van der Waals surface area contributed by atoms with Crippen LogP contribution in [0.25, 0.3) is 0 Å². The molecule has 0 bridgehead atoms. The van der Waals surface area contributed by atoms with Gasteiger partial charge in [-0.3, -0.25) is 0 Å². The first-order valence-electron chi connectivity index (χ1n) is 5.80. The molecule has 2 rings (SSSR count). The molecule has 0 unspecified atom stereocenters. The molecule has 1 saturated heterocycles. The van der Waals surface area contributed by atoms with Crippen molar-refractivity contribution < 1.29 is 14.0 Å². The molecule has 0 aliphatic carbocycles. The molecule has 96 valence electrons. The first kappa shape index (κ1) is 13.0. The molecule has 0 aromatic heterocycles. The molecule has 1 aliphatic heterocycles. The van der Waals surface area contributed by atoms with E-state index < -0.39 is 7.12 Å². The van der Waals surface area contributed by atoms with Crippen molar-refractivity contribution >= 4 is 18.3 Å². The molecule has 1 aromatic rings. The number of hydrogen-bond donors (Lipinski definition) is 0. The Kier molecular flexibility index (Phi) is 3.68. The fourth-order valence-electron chi connectivity index (χ4n) is 1.83. The van der Waals surface area contributed by atoms with Crippen molar-refractivity contribution in [2.24, 2.45) is 10.6 Å². The van der Waals surface area contributed by atoms with Crippen LogP contribution in [0.2, 0.25) is 0 Å². The highest BCUT2D eigenvalue weighted by Crippen LogP contribution is 2.24. The Labute approximate surface area is 107 Å². The molecule has 1 aromatic carbocycles. The molecular formula is C12H16BNO4. The lowest BCUT2D eigenvalue weighted by Gasteiger charge is -2.33. The van der Waals surface area contributed by atoms with Gasteiger partial charge in [0.15, 0.2) is 0 Å². The molecule has 5 nitrogen and oxygen atoms in total. The SMILES string of the molecule is COc1ccc(N=O)cc1B1OCC(C)(C)CO1. The summed E-state index contributed by atoms with van der Waals surface area (Å²) in [7, 11) is 1.06. The maximum atomic E-state index is 10.6. The first-order chi connectivity index (χ1) is 8.55. The molecule has 0 spiro atoms. The fourth-order valence-corrected chi connectivity index (χ4v) is 1.83. The average Bonchev–Trinajstić information content (AvgIpc) is 2.38. The van der Waals surface area contributed by atoms with Crippen LogP contribution < -0.4 is 10.2 Å². The van der Waals surface area contributed by atoms with Crippen molar-refractivity contribution in [3.63, 3.8) is 0 Å². The molecule has 6 heteroatoms. The summed E-state index contributed by atoms with van der Waals surface area (Å²) in [4.78, 5) is 10.6. The van der Waals surface area contributed by atoms with Gasteiger partial charge in [-0.15, -0.1) is 4.91 Å². The molecule has 0 N–H and O–H groups in total. The number of hydrogen-bond acceptors (Lipinski definition) is 5. The van der Waals surface area contributed by atoms with Crippen LogP contribution in [-0.4, -0.2) is 27.4 Å². The van der Waals surface area contributed by atoms with Crippen LogP contribution in [-0.2, 0) is 9.31 Å². The van der Waals surface area contributed by atoms with E-state index in [0.717, 1.165) is 0 Å². The lowest BCUT2D eigenvalue weighted by atomic mass is 9.75. The van der Waals surface area contributed by atoms with Crippen LogP contribution in [0.3, 0.4) is 0 Å². The predicted octanol–water partition coefficient (Wildman–Crippen LogP) is 1.86. The Morgan fingerprint density at radius 3 is 2.56 bits per heavy atom. The van der Waals surface area contributed by atoms with Gasteiger partial charge in [-0.2, -0.15) is 0 Å². The normalized spacial score (nSPS) is 18.5. The van der Waals surface area contributed by atoms with Gasteiger partial charge in [0.05, 0.1) is 7.11 Å². The minimum Gasteiger partial charge on any atom is -0.497 e. The Hall–Kier alpha value is -1.40. The maximum Gasteiger partial charge on any atom is 0.497 e. The number of nitroso groups, excluding NO2 is 1. The molecule has 18 heavy (non-hydrogen) atoms. The van der Waals surface area contributed by atoms with Gasteiger partial charge in [0.1, 0.15) is 11.4 Å². The molecule has 1 heterocycles. The van der Waals surface area contributed by atoms with E-state index in [9.17, 15) is 4.91 Å². The van der Waals surface area contributed by atoms with Gasteiger partial charge in [-0.1, -0.05) is 13.8 Å². The largest absolute Gasteiger partial charge is 0.497 e. The van der Waals surface area contributed by atoms with Crippen molar-refractivity contribution in [2.45, 2.75) is 13.8 Å². The van der Waals surface area contributed by atoms with E-state index in [2.05, 4.69) is 19.0 Å². The fraction of sp³-hybridized carbons (Fsp3) is 0.500. The minimum atomic E-state index is -0.505. The van der Waals surface area contributed by atoms with Crippen molar-refractivity contribution in [2.75, 3.05) is 20.3 Å². The van der Waals surface area contributed by atoms with Crippen molar-refractivity contribution in [3.05, 3.63) is 23.1 Å². The van der Waals surface area contributed by atoms with Gasteiger partial charge in [0, 0.05) is 24.1 Å². The van der Waals surface area contributed by atoms with Gasteiger partial charge >= 0.3 is 7.12 Å². The number of ether oxygens (including phenoxy) is 1. The van der Waals surface area contributed by atoms with Gasteiger partial charge in [0.2, 0.25) is 0 Å². The number of methoxy groups -OCH3 is 1. The smallest absolute Gasteiger partial charge is 0.497 e. The second-order valence-electron chi connectivity index (χ2n) is 5.14. The zero-order valence-electron chi connectivity index (χ0n) is 10.8. The predicted molar refractivity (Wildman–Crippen MR) is 69.5 cm³/mol. The average molecular weight is 249 g/mol. The topological polar surface area (TPSA) is 57.1 Å². The lowest BCUT2D eigenvalue weighted by molar-refractivity contribution is 0.0341. The van der Waals surface area contributed by atoms with E-state index in [1.807, 2.05) is 0 Å². The second-order valence-corrected chi connectivity index (χ2v) is 5.14. The van der Waals surface area contributed by atoms with Gasteiger partial charge in [-0.25, -0.2) is 0 Å². The quantitative estimate of drug-likeness (QED) is 0.606. The van der Waals surface area contributed by atoms with Crippen LogP contribution >= 0.6 is 0 Å². The standard InChI is InChI=1S/C12H16BNO4/c1-12(2)7-17-13(18-8-12)10-6-9(14-15)4-5-11(10)16-3/h4-6H,7-8H2,1-3H3. The third kappa shape index (κ3) is 2.71. The van der Waals surface area contributed by atoms with E-state index in [1.165, 1.54) is 0 Å². The number of benzene rings is 1. The summed E-state index contributed by atoms with van der Waals surface area (Å²) in [6.45, 7) is 5.34. The Morgan fingerprint density at radius 1 is 1.33 bits per heavy atom. The van der Waals surface area contributed by atoms with E-state index in [-0.39, 0.29) is 5.41 Å². The van der Waals surface area contributed by atoms with Crippen LogP contribution in [0, 0.1) is 10.3 Å². The second kappa shape index (κ2) is 5.08. The van der Waals surface area contributed by atoms with Crippen molar-refractivity contribution in [3.8, 4) is 5.75 Å². The number of nitrogens with zero attached hydrogens (tertiary/aromatic N) is 1. The third-order valence-electron chi connectivity index (χ3n) is 2.82. The molecule has 1 aliphatic rings. The van der Waals surface area contributed by atoms with Crippen molar-refractivity contribution in [1.82, 2.24) is 0 Å². The van der Waals surface area contributed by atoms with E-state index in [4.69, 9.17) is 14.0 Å². The summed E-state index contributed by atoms with van der Waals surface area (Å²) < 4.78 is 16.6. The van der Waals surface area contributed by atoms with Crippen LogP contribution in [0.1, 0.15) is 13.8 Å². The third-order valence-corrected chi connectivity index (χ3v) is 2.82. The Bertz CT molecular complexity index is 440. The molecule has 1 fully saturated rings. The minimum absolute atomic E-state index is 0.00422. The highest BCUT2D eigenvalue weighted by molar-refractivity contribution is 6.62. The van der Waals surface area contributed by atoms with E-state index in [0.29, 0.717) is 30.1 Å².